The smallest absolute Gasteiger partial charge is 0.262 e. The number of nitrogens with zero attached hydrogens (tertiary/aromatic N) is 5. The minimum absolute atomic E-state index is 0.0768. The van der Waals surface area contributed by atoms with Crippen molar-refractivity contribution in [3.05, 3.63) is 30.5 Å². The van der Waals surface area contributed by atoms with Gasteiger partial charge >= 0.3 is 0 Å². The molecular formula is C14H21N5O3S. The van der Waals surface area contributed by atoms with E-state index in [4.69, 9.17) is 4.74 Å². The van der Waals surface area contributed by atoms with Gasteiger partial charge in [-0.2, -0.15) is 9.40 Å². The van der Waals surface area contributed by atoms with Crippen LogP contribution in [0.2, 0.25) is 0 Å². The fraction of sp³-hybridized carbons (Fsp3) is 0.571. The molecule has 1 aliphatic rings. The highest BCUT2D eigenvalue weighted by atomic mass is 32.2. The highest BCUT2D eigenvalue weighted by molar-refractivity contribution is 7.89. The van der Waals surface area contributed by atoms with Crippen LogP contribution < -0.4 is 0 Å². The predicted molar refractivity (Wildman–Crippen MR) is 83.2 cm³/mol. The van der Waals surface area contributed by atoms with E-state index in [0.717, 1.165) is 5.56 Å². The lowest BCUT2D eigenvalue weighted by atomic mass is 10.1. The number of ether oxygens (including phenoxy) is 1. The van der Waals surface area contributed by atoms with E-state index in [2.05, 4.69) is 10.1 Å². The number of methoxy groups -OCH3 is 1. The first-order chi connectivity index (χ1) is 10.9. The molecule has 9 heteroatoms. The Balaban J connectivity index is 1.90. The average molecular weight is 339 g/mol. The number of sulfonamides is 1. The Hall–Kier alpha value is -1.71. The van der Waals surface area contributed by atoms with Crippen molar-refractivity contribution in [3.63, 3.8) is 0 Å². The molecule has 0 bridgehead atoms. The molecule has 0 aromatic carbocycles. The largest absolute Gasteiger partial charge is 0.380 e. The molecule has 2 atom stereocenters. The van der Waals surface area contributed by atoms with Crippen LogP contribution in [-0.2, 0) is 35.3 Å². The van der Waals surface area contributed by atoms with Gasteiger partial charge in [0.2, 0.25) is 0 Å². The molecule has 2 aromatic heterocycles. The summed E-state index contributed by atoms with van der Waals surface area (Å²) >= 11 is 0. The molecule has 1 saturated heterocycles. The molecule has 2 aromatic rings. The summed E-state index contributed by atoms with van der Waals surface area (Å²) < 4.78 is 36.1. The Kier molecular flexibility index (Phi) is 4.26. The van der Waals surface area contributed by atoms with E-state index in [1.165, 1.54) is 16.8 Å². The maximum absolute atomic E-state index is 12.9. The molecular weight excluding hydrogens is 318 g/mol. The standard InChI is InChI=1S/C14H21N5O3S/c1-17-9-14(15-10-17)23(20,21)19-5-4-13(22-3)12(19)6-11-7-16-18(2)8-11/h7-10,12-13H,4-6H2,1-3H3/t12-,13-/m1/s1. The van der Waals surface area contributed by atoms with Crippen LogP contribution in [-0.4, -0.2) is 57.9 Å². The summed E-state index contributed by atoms with van der Waals surface area (Å²) in [6, 6.07) is -0.254. The van der Waals surface area contributed by atoms with Gasteiger partial charge in [0.1, 0.15) is 0 Å². The molecule has 1 aliphatic heterocycles. The number of hydrogen-bond donors (Lipinski definition) is 0. The monoisotopic (exact) mass is 339 g/mol. The second-order valence-corrected chi connectivity index (χ2v) is 7.69. The first-order valence-corrected chi connectivity index (χ1v) is 8.86. The number of rotatable bonds is 5. The van der Waals surface area contributed by atoms with Crippen molar-refractivity contribution in [2.45, 2.75) is 30.0 Å². The molecule has 3 rings (SSSR count). The first-order valence-electron chi connectivity index (χ1n) is 7.42. The van der Waals surface area contributed by atoms with Crippen LogP contribution in [0.5, 0.6) is 0 Å². The Bertz CT molecular complexity index is 782. The minimum atomic E-state index is -3.63. The quantitative estimate of drug-likeness (QED) is 0.776. The van der Waals surface area contributed by atoms with Crippen LogP contribution in [0.3, 0.4) is 0 Å². The van der Waals surface area contributed by atoms with Gasteiger partial charge in [0.05, 0.1) is 24.7 Å². The van der Waals surface area contributed by atoms with Gasteiger partial charge in [-0.15, -0.1) is 0 Å². The molecule has 0 saturated carbocycles. The van der Waals surface area contributed by atoms with Crippen molar-refractivity contribution in [3.8, 4) is 0 Å². The predicted octanol–water partition coefficient (Wildman–Crippen LogP) is 0.174. The number of hydrogen-bond acceptors (Lipinski definition) is 5. The molecule has 0 unspecified atom stereocenters. The normalized spacial score (nSPS) is 22.7. The summed E-state index contributed by atoms with van der Waals surface area (Å²) in [5.74, 6) is 0. The van der Waals surface area contributed by atoms with Crippen molar-refractivity contribution in [2.75, 3.05) is 13.7 Å². The topological polar surface area (TPSA) is 82.2 Å². The van der Waals surface area contributed by atoms with Crippen molar-refractivity contribution in [2.24, 2.45) is 14.1 Å². The van der Waals surface area contributed by atoms with Crippen LogP contribution in [0.25, 0.3) is 0 Å². The van der Waals surface area contributed by atoms with Gasteiger partial charge in [0.15, 0.2) is 5.03 Å². The van der Waals surface area contributed by atoms with Gasteiger partial charge in [-0.3, -0.25) is 4.68 Å². The van der Waals surface area contributed by atoms with E-state index < -0.39 is 10.0 Å². The molecule has 0 amide bonds. The van der Waals surface area contributed by atoms with Crippen molar-refractivity contribution in [1.82, 2.24) is 23.6 Å². The number of imidazole rings is 1. The van der Waals surface area contributed by atoms with Crippen LogP contribution in [0.15, 0.2) is 29.9 Å². The zero-order valence-electron chi connectivity index (χ0n) is 13.5. The Morgan fingerprint density at radius 2 is 2.13 bits per heavy atom. The SMILES string of the molecule is CO[C@@H]1CCN(S(=O)(=O)c2cn(C)cn2)[C@@H]1Cc1cnn(C)c1. The Labute approximate surface area is 135 Å². The third-order valence-corrected chi connectivity index (χ3v) is 6.00. The molecule has 126 valence electrons. The molecule has 0 spiro atoms. The summed E-state index contributed by atoms with van der Waals surface area (Å²) in [6.07, 6.45) is 7.79. The average Bonchev–Trinajstić information content (AvgIpc) is 3.20. The van der Waals surface area contributed by atoms with Crippen LogP contribution in [0.4, 0.5) is 0 Å². The maximum atomic E-state index is 12.9. The molecule has 0 N–H and O–H groups in total. The highest BCUT2D eigenvalue weighted by Crippen LogP contribution is 2.29. The van der Waals surface area contributed by atoms with Gasteiger partial charge in [0, 0.05) is 40.1 Å². The highest BCUT2D eigenvalue weighted by Gasteiger charge is 2.42. The summed E-state index contributed by atoms with van der Waals surface area (Å²) in [4.78, 5) is 4.00. The van der Waals surface area contributed by atoms with E-state index in [-0.39, 0.29) is 17.2 Å². The zero-order chi connectivity index (χ0) is 16.6. The zero-order valence-corrected chi connectivity index (χ0v) is 14.3. The minimum Gasteiger partial charge on any atom is -0.380 e. The fourth-order valence-electron chi connectivity index (χ4n) is 3.07. The third-order valence-electron chi connectivity index (χ3n) is 4.19. The number of aryl methyl sites for hydroxylation is 2. The molecule has 8 nitrogen and oxygen atoms in total. The lowest BCUT2D eigenvalue weighted by molar-refractivity contribution is 0.0809. The van der Waals surface area contributed by atoms with E-state index in [1.54, 1.807) is 29.6 Å². The molecule has 3 heterocycles. The van der Waals surface area contributed by atoms with Gasteiger partial charge < -0.3 is 9.30 Å². The lowest BCUT2D eigenvalue weighted by Crippen LogP contribution is -2.41. The van der Waals surface area contributed by atoms with E-state index >= 15 is 0 Å². The van der Waals surface area contributed by atoms with Crippen LogP contribution in [0, 0.1) is 0 Å². The van der Waals surface area contributed by atoms with Crippen molar-refractivity contribution in [1.29, 1.82) is 0 Å². The third kappa shape index (κ3) is 3.04. The van der Waals surface area contributed by atoms with Crippen molar-refractivity contribution >= 4 is 10.0 Å². The fourth-order valence-corrected chi connectivity index (χ4v) is 4.70. The summed E-state index contributed by atoms with van der Waals surface area (Å²) in [5.41, 5.74) is 0.989. The summed E-state index contributed by atoms with van der Waals surface area (Å²) in [6.45, 7) is 0.433. The second kappa shape index (κ2) is 6.06. The van der Waals surface area contributed by atoms with Gasteiger partial charge in [-0.05, 0) is 18.4 Å². The van der Waals surface area contributed by atoms with Gasteiger partial charge in [0.25, 0.3) is 10.0 Å². The Morgan fingerprint density at radius 3 is 2.70 bits per heavy atom. The van der Waals surface area contributed by atoms with Gasteiger partial charge in [-0.1, -0.05) is 0 Å². The van der Waals surface area contributed by atoms with Crippen LogP contribution >= 0.6 is 0 Å². The lowest BCUT2D eigenvalue weighted by Gasteiger charge is -2.25. The molecule has 1 fully saturated rings. The molecule has 0 radical (unpaired) electrons. The Morgan fingerprint density at radius 1 is 1.35 bits per heavy atom. The van der Waals surface area contributed by atoms with E-state index in [0.29, 0.717) is 19.4 Å². The second-order valence-electron chi connectivity index (χ2n) is 5.85. The van der Waals surface area contributed by atoms with Crippen LogP contribution in [0.1, 0.15) is 12.0 Å². The van der Waals surface area contributed by atoms with Crippen molar-refractivity contribution < 1.29 is 13.2 Å². The molecule has 0 aliphatic carbocycles. The number of aromatic nitrogens is 4. The van der Waals surface area contributed by atoms with E-state index in [9.17, 15) is 8.42 Å². The summed E-state index contributed by atoms with van der Waals surface area (Å²) in [5, 5.41) is 4.23. The molecule has 23 heavy (non-hydrogen) atoms. The summed E-state index contributed by atoms with van der Waals surface area (Å²) in [7, 11) is 1.59. The first kappa shape index (κ1) is 16.2. The van der Waals surface area contributed by atoms with Gasteiger partial charge in [-0.25, -0.2) is 13.4 Å². The maximum Gasteiger partial charge on any atom is 0.262 e. The van der Waals surface area contributed by atoms with E-state index in [1.807, 2.05) is 13.2 Å².